The monoisotopic (exact) mass is 283 g/mol. The third-order valence-corrected chi connectivity index (χ3v) is 3.93. The highest BCUT2D eigenvalue weighted by Gasteiger charge is 2.23. The fourth-order valence-corrected chi connectivity index (χ4v) is 2.49. The number of nitrogens with two attached hydrogens (primary N) is 1. The standard InChI is InChI=1S/C12H17N3O3S/c1-3-14-12(17)15-11(16)8(2)19(18)10-6-4-5-9(13)7-10/h4-8H,3,13H2,1-2H3,(H2,14,15,16,17). The van der Waals surface area contributed by atoms with Gasteiger partial charge in [-0.2, -0.15) is 0 Å². The number of hydrogen-bond donors (Lipinski definition) is 3. The van der Waals surface area contributed by atoms with Crippen molar-refractivity contribution in [1.29, 1.82) is 0 Å². The Kier molecular flexibility index (Phi) is 5.50. The van der Waals surface area contributed by atoms with Crippen molar-refractivity contribution in [1.82, 2.24) is 10.6 Å². The third kappa shape index (κ3) is 4.36. The number of carbonyl (C=O) groups excluding carboxylic acids is 2. The number of benzene rings is 1. The van der Waals surface area contributed by atoms with Gasteiger partial charge in [0.2, 0.25) is 5.91 Å². The fourth-order valence-electron chi connectivity index (χ4n) is 1.36. The molecule has 1 aromatic rings. The molecule has 0 aliphatic carbocycles. The zero-order valence-electron chi connectivity index (χ0n) is 10.8. The van der Waals surface area contributed by atoms with Crippen LogP contribution in [0.1, 0.15) is 13.8 Å². The zero-order valence-corrected chi connectivity index (χ0v) is 11.6. The minimum atomic E-state index is -1.56. The number of anilines is 1. The number of rotatable bonds is 4. The maximum absolute atomic E-state index is 12.1. The van der Waals surface area contributed by atoms with E-state index in [-0.39, 0.29) is 0 Å². The van der Waals surface area contributed by atoms with Gasteiger partial charge >= 0.3 is 6.03 Å². The van der Waals surface area contributed by atoms with Gasteiger partial charge < -0.3 is 11.1 Å². The summed E-state index contributed by atoms with van der Waals surface area (Å²) in [6.07, 6.45) is 0. The van der Waals surface area contributed by atoms with E-state index in [2.05, 4.69) is 10.6 Å². The molecule has 0 spiro atoms. The second kappa shape index (κ2) is 6.89. The van der Waals surface area contributed by atoms with E-state index in [1.807, 2.05) is 0 Å². The first-order chi connectivity index (χ1) is 8.95. The highest BCUT2D eigenvalue weighted by atomic mass is 32.2. The number of nitrogen functional groups attached to an aromatic ring is 1. The van der Waals surface area contributed by atoms with Crippen molar-refractivity contribution in [3.8, 4) is 0 Å². The van der Waals surface area contributed by atoms with Crippen molar-refractivity contribution < 1.29 is 13.8 Å². The molecule has 0 fully saturated rings. The van der Waals surface area contributed by atoms with Crippen LogP contribution < -0.4 is 16.4 Å². The molecule has 1 rings (SSSR count). The second-order valence-electron chi connectivity index (χ2n) is 3.86. The molecule has 104 valence electrons. The van der Waals surface area contributed by atoms with E-state index in [0.29, 0.717) is 17.1 Å². The second-order valence-corrected chi connectivity index (χ2v) is 5.63. The number of urea groups is 1. The number of amides is 3. The minimum Gasteiger partial charge on any atom is -0.399 e. The summed E-state index contributed by atoms with van der Waals surface area (Å²) in [5.74, 6) is -0.591. The molecule has 0 radical (unpaired) electrons. The molecule has 2 atom stereocenters. The third-order valence-electron chi connectivity index (χ3n) is 2.35. The Labute approximate surface area is 114 Å². The molecule has 0 bridgehead atoms. The van der Waals surface area contributed by atoms with Gasteiger partial charge in [-0.25, -0.2) is 4.79 Å². The average Bonchev–Trinajstić information content (AvgIpc) is 2.37. The van der Waals surface area contributed by atoms with E-state index in [4.69, 9.17) is 5.73 Å². The SMILES string of the molecule is CCNC(=O)NC(=O)C(C)S(=O)c1cccc(N)c1. The summed E-state index contributed by atoms with van der Waals surface area (Å²) in [5.41, 5.74) is 6.07. The largest absolute Gasteiger partial charge is 0.399 e. The predicted octanol–water partition coefficient (Wildman–Crippen LogP) is 0.611. The summed E-state index contributed by atoms with van der Waals surface area (Å²) in [7, 11) is -1.56. The van der Waals surface area contributed by atoms with Crippen LogP contribution in [-0.2, 0) is 15.6 Å². The molecule has 0 saturated heterocycles. The number of nitrogens with one attached hydrogen (secondary N) is 2. The van der Waals surface area contributed by atoms with Crippen LogP contribution >= 0.6 is 0 Å². The normalized spacial score (nSPS) is 13.4. The molecule has 2 unspecified atom stereocenters. The smallest absolute Gasteiger partial charge is 0.321 e. The molecule has 0 saturated carbocycles. The summed E-state index contributed by atoms with van der Waals surface area (Å²) in [5, 5.41) is 3.72. The van der Waals surface area contributed by atoms with Crippen LogP contribution in [0.15, 0.2) is 29.2 Å². The fraction of sp³-hybridized carbons (Fsp3) is 0.333. The Morgan fingerprint density at radius 2 is 2.11 bits per heavy atom. The van der Waals surface area contributed by atoms with Crippen molar-refractivity contribution in [2.45, 2.75) is 24.0 Å². The lowest BCUT2D eigenvalue weighted by molar-refractivity contribution is -0.119. The van der Waals surface area contributed by atoms with Gasteiger partial charge in [-0.15, -0.1) is 0 Å². The van der Waals surface area contributed by atoms with Crippen LogP contribution in [-0.4, -0.2) is 27.9 Å². The van der Waals surface area contributed by atoms with Gasteiger partial charge in [0.25, 0.3) is 0 Å². The maximum atomic E-state index is 12.1. The van der Waals surface area contributed by atoms with Crippen LogP contribution in [0.5, 0.6) is 0 Å². The van der Waals surface area contributed by atoms with Crippen molar-refractivity contribution >= 4 is 28.4 Å². The van der Waals surface area contributed by atoms with Gasteiger partial charge in [-0.1, -0.05) is 6.07 Å². The van der Waals surface area contributed by atoms with Crippen molar-refractivity contribution in [2.75, 3.05) is 12.3 Å². The van der Waals surface area contributed by atoms with Crippen LogP contribution in [0.25, 0.3) is 0 Å². The molecular weight excluding hydrogens is 266 g/mol. The van der Waals surface area contributed by atoms with E-state index in [1.54, 1.807) is 31.2 Å². The van der Waals surface area contributed by atoms with Gasteiger partial charge in [0.15, 0.2) is 0 Å². The molecule has 19 heavy (non-hydrogen) atoms. The van der Waals surface area contributed by atoms with E-state index < -0.39 is 28.0 Å². The molecule has 4 N–H and O–H groups in total. The van der Waals surface area contributed by atoms with Crippen LogP contribution in [0.4, 0.5) is 10.5 Å². The van der Waals surface area contributed by atoms with Crippen molar-refractivity contribution in [3.63, 3.8) is 0 Å². The summed E-state index contributed by atoms with van der Waals surface area (Å²) < 4.78 is 12.1. The molecule has 0 heterocycles. The minimum absolute atomic E-state index is 0.409. The first kappa shape index (κ1) is 15.2. The maximum Gasteiger partial charge on any atom is 0.321 e. The Bertz CT molecular complexity index is 505. The van der Waals surface area contributed by atoms with E-state index in [0.717, 1.165) is 0 Å². The Morgan fingerprint density at radius 1 is 1.42 bits per heavy atom. The predicted molar refractivity (Wildman–Crippen MR) is 73.9 cm³/mol. The van der Waals surface area contributed by atoms with Gasteiger partial charge in [0, 0.05) is 17.1 Å². The summed E-state index contributed by atoms with van der Waals surface area (Å²) in [6.45, 7) is 3.64. The summed E-state index contributed by atoms with van der Waals surface area (Å²) in [6, 6.07) is 5.91. The van der Waals surface area contributed by atoms with Crippen LogP contribution in [0.2, 0.25) is 0 Å². The molecule has 0 aliphatic heterocycles. The Hall–Kier alpha value is -1.89. The van der Waals surface area contributed by atoms with E-state index in [1.165, 1.54) is 6.92 Å². The lowest BCUT2D eigenvalue weighted by atomic mass is 10.3. The van der Waals surface area contributed by atoms with E-state index >= 15 is 0 Å². The van der Waals surface area contributed by atoms with Crippen molar-refractivity contribution in [3.05, 3.63) is 24.3 Å². The van der Waals surface area contributed by atoms with Gasteiger partial charge in [0.05, 0.1) is 10.8 Å². The average molecular weight is 283 g/mol. The van der Waals surface area contributed by atoms with Crippen molar-refractivity contribution in [2.24, 2.45) is 0 Å². The Morgan fingerprint density at radius 3 is 2.68 bits per heavy atom. The lowest BCUT2D eigenvalue weighted by Gasteiger charge is -2.12. The first-order valence-corrected chi connectivity index (χ1v) is 7.01. The molecule has 0 aliphatic rings. The Balaban J connectivity index is 2.71. The van der Waals surface area contributed by atoms with Gasteiger partial charge in [-0.05, 0) is 32.0 Å². The van der Waals surface area contributed by atoms with Crippen LogP contribution in [0, 0.1) is 0 Å². The highest BCUT2D eigenvalue weighted by molar-refractivity contribution is 7.86. The van der Waals surface area contributed by atoms with Gasteiger partial charge in [-0.3, -0.25) is 14.3 Å². The number of hydrogen-bond acceptors (Lipinski definition) is 4. The quantitative estimate of drug-likeness (QED) is 0.705. The molecule has 6 nitrogen and oxygen atoms in total. The lowest BCUT2D eigenvalue weighted by Crippen LogP contribution is -2.44. The highest BCUT2D eigenvalue weighted by Crippen LogP contribution is 2.14. The number of carbonyl (C=O) groups is 2. The summed E-state index contributed by atoms with van der Waals surface area (Å²) in [4.78, 5) is 23.4. The summed E-state index contributed by atoms with van der Waals surface area (Å²) >= 11 is 0. The molecule has 3 amide bonds. The molecule has 0 aromatic heterocycles. The molecule has 1 aromatic carbocycles. The zero-order chi connectivity index (χ0) is 14.4. The topological polar surface area (TPSA) is 101 Å². The van der Waals surface area contributed by atoms with Gasteiger partial charge in [0.1, 0.15) is 5.25 Å². The number of imide groups is 1. The molecule has 7 heteroatoms. The molecular formula is C12H17N3O3S. The van der Waals surface area contributed by atoms with E-state index in [9.17, 15) is 13.8 Å². The first-order valence-electron chi connectivity index (χ1n) is 5.80. The van der Waals surface area contributed by atoms with Crippen LogP contribution in [0.3, 0.4) is 0 Å².